The molecule has 27 heavy (non-hydrogen) atoms. The van der Waals surface area contributed by atoms with E-state index in [-0.39, 0.29) is 5.91 Å². The van der Waals surface area contributed by atoms with Crippen LogP contribution >= 0.6 is 0 Å². The number of piperidine rings is 1. The highest BCUT2D eigenvalue weighted by Crippen LogP contribution is 2.23. The van der Waals surface area contributed by atoms with E-state index in [0.29, 0.717) is 11.5 Å². The van der Waals surface area contributed by atoms with Crippen molar-refractivity contribution in [3.8, 4) is 0 Å². The SMILES string of the molecule is CN(CC1CCN(c2cnc3ccccc3n2)CC1)C(=O)c1cnn(C)c1. The van der Waals surface area contributed by atoms with Crippen LogP contribution in [0.25, 0.3) is 11.0 Å². The van der Waals surface area contributed by atoms with Crippen molar-refractivity contribution in [1.82, 2.24) is 24.6 Å². The molecule has 0 radical (unpaired) electrons. The molecule has 140 valence electrons. The maximum atomic E-state index is 12.5. The highest BCUT2D eigenvalue weighted by molar-refractivity contribution is 5.93. The van der Waals surface area contributed by atoms with Crippen molar-refractivity contribution in [1.29, 1.82) is 0 Å². The zero-order chi connectivity index (χ0) is 18.8. The van der Waals surface area contributed by atoms with Crippen molar-refractivity contribution in [2.75, 3.05) is 31.6 Å². The Labute approximate surface area is 158 Å². The number of aryl methyl sites for hydroxylation is 1. The van der Waals surface area contributed by atoms with Crippen LogP contribution < -0.4 is 4.90 Å². The molecule has 0 unspecified atom stereocenters. The number of amides is 1. The van der Waals surface area contributed by atoms with Gasteiger partial charge in [0.05, 0.1) is 29.0 Å². The fraction of sp³-hybridized carbons (Fsp3) is 0.400. The summed E-state index contributed by atoms with van der Waals surface area (Å²) in [6.45, 7) is 2.64. The summed E-state index contributed by atoms with van der Waals surface area (Å²) >= 11 is 0. The number of para-hydroxylation sites is 2. The lowest BCUT2D eigenvalue weighted by molar-refractivity contribution is 0.0765. The Morgan fingerprint density at radius 1 is 1.19 bits per heavy atom. The van der Waals surface area contributed by atoms with Gasteiger partial charge in [0.1, 0.15) is 5.82 Å². The predicted molar refractivity (Wildman–Crippen MR) is 105 cm³/mol. The van der Waals surface area contributed by atoms with Gasteiger partial charge in [0.25, 0.3) is 5.91 Å². The van der Waals surface area contributed by atoms with E-state index in [0.717, 1.165) is 49.3 Å². The zero-order valence-corrected chi connectivity index (χ0v) is 15.7. The Kier molecular flexibility index (Phi) is 4.75. The molecular formula is C20H24N6O. The molecule has 3 aromatic rings. The van der Waals surface area contributed by atoms with Gasteiger partial charge in [-0.3, -0.25) is 14.5 Å². The first kappa shape index (κ1) is 17.5. The third kappa shape index (κ3) is 3.77. The van der Waals surface area contributed by atoms with Gasteiger partial charge in [-0.25, -0.2) is 4.98 Å². The molecule has 0 bridgehead atoms. The summed E-state index contributed by atoms with van der Waals surface area (Å²) in [5.41, 5.74) is 2.49. The van der Waals surface area contributed by atoms with E-state index in [2.05, 4.69) is 15.0 Å². The smallest absolute Gasteiger partial charge is 0.256 e. The molecule has 7 nitrogen and oxygen atoms in total. The Balaban J connectivity index is 1.34. The topological polar surface area (TPSA) is 67.2 Å². The monoisotopic (exact) mass is 364 g/mol. The summed E-state index contributed by atoms with van der Waals surface area (Å²) in [6.07, 6.45) is 7.33. The van der Waals surface area contributed by atoms with E-state index in [1.165, 1.54) is 0 Å². The molecule has 1 aliphatic heterocycles. The number of carbonyl (C=O) groups is 1. The molecule has 1 saturated heterocycles. The average Bonchev–Trinajstić information content (AvgIpc) is 3.14. The molecule has 1 fully saturated rings. The molecule has 0 atom stereocenters. The summed E-state index contributed by atoms with van der Waals surface area (Å²) in [6, 6.07) is 7.94. The maximum absolute atomic E-state index is 12.5. The fourth-order valence-electron chi connectivity index (χ4n) is 3.67. The summed E-state index contributed by atoms with van der Waals surface area (Å²) in [5, 5.41) is 4.08. The summed E-state index contributed by atoms with van der Waals surface area (Å²) in [7, 11) is 3.69. The molecule has 7 heteroatoms. The Morgan fingerprint density at radius 2 is 1.93 bits per heavy atom. The van der Waals surface area contributed by atoms with Gasteiger partial charge in [0.15, 0.2) is 0 Å². The van der Waals surface area contributed by atoms with Crippen LogP contribution in [0, 0.1) is 5.92 Å². The van der Waals surface area contributed by atoms with Crippen molar-refractivity contribution < 1.29 is 4.79 Å². The van der Waals surface area contributed by atoms with Crippen LogP contribution in [0.1, 0.15) is 23.2 Å². The van der Waals surface area contributed by atoms with Gasteiger partial charge >= 0.3 is 0 Å². The quantitative estimate of drug-likeness (QED) is 0.711. The van der Waals surface area contributed by atoms with Gasteiger partial charge < -0.3 is 9.80 Å². The van der Waals surface area contributed by atoms with Crippen LogP contribution in [0.15, 0.2) is 42.9 Å². The number of nitrogens with zero attached hydrogens (tertiary/aromatic N) is 6. The maximum Gasteiger partial charge on any atom is 0.256 e. The van der Waals surface area contributed by atoms with Gasteiger partial charge in [-0.15, -0.1) is 0 Å². The number of carbonyl (C=O) groups excluding carboxylic acids is 1. The van der Waals surface area contributed by atoms with Crippen LogP contribution in [0.2, 0.25) is 0 Å². The second-order valence-corrected chi connectivity index (χ2v) is 7.24. The molecule has 0 spiro atoms. The van der Waals surface area contributed by atoms with Crippen LogP contribution in [0.3, 0.4) is 0 Å². The fourth-order valence-corrected chi connectivity index (χ4v) is 3.67. The highest BCUT2D eigenvalue weighted by Gasteiger charge is 2.24. The molecule has 4 rings (SSSR count). The molecule has 1 aromatic carbocycles. The lowest BCUT2D eigenvalue weighted by Gasteiger charge is -2.34. The second kappa shape index (κ2) is 7.34. The standard InChI is InChI=1S/C20H24N6O/c1-24(20(27)16-11-22-25(2)14-16)13-15-7-9-26(10-8-15)19-12-21-17-5-3-4-6-18(17)23-19/h3-6,11-12,14-15H,7-10,13H2,1-2H3. The molecule has 0 aliphatic carbocycles. The van der Waals surface area contributed by atoms with Crippen molar-refractivity contribution >= 4 is 22.8 Å². The molecule has 2 aromatic heterocycles. The number of anilines is 1. The lowest BCUT2D eigenvalue weighted by Crippen LogP contribution is -2.39. The normalized spacial score (nSPS) is 15.3. The molecule has 3 heterocycles. The summed E-state index contributed by atoms with van der Waals surface area (Å²) < 4.78 is 1.66. The average molecular weight is 364 g/mol. The number of hydrogen-bond acceptors (Lipinski definition) is 5. The minimum atomic E-state index is 0.0333. The van der Waals surface area contributed by atoms with E-state index in [1.807, 2.05) is 49.5 Å². The van der Waals surface area contributed by atoms with E-state index < -0.39 is 0 Å². The van der Waals surface area contributed by atoms with Crippen LogP contribution in [-0.2, 0) is 7.05 Å². The molecule has 0 saturated carbocycles. The molecule has 0 N–H and O–H groups in total. The number of benzene rings is 1. The van der Waals surface area contributed by atoms with Crippen molar-refractivity contribution in [2.24, 2.45) is 13.0 Å². The number of rotatable bonds is 4. The number of aromatic nitrogens is 4. The van der Waals surface area contributed by atoms with Crippen molar-refractivity contribution in [3.63, 3.8) is 0 Å². The first-order chi connectivity index (χ1) is 13.1. The Hall–Kier alpha value is -2.96. The van der Waals surface area contributed by atoms with E-state index in [4.69, 9.17) is 4.98 Å². The van der Waals surface area contributed by atoms with Crippen LogP contribution in [0.4, 0.5) is 5.82 Å². The zero-order valence-electron chi connectivity index (χ0n) is 15.7. The first-order valence-electron chi connectivity index (χ1n) is 9.31. The first-order valence-corrected chi connectivity index (χ1v) is 9.31. The van der Waals surface area contributed by atoms with E-state index >= 15 is 0 Å². The van der Waals surface area contributed by atoms with Gasteiger partial charge in [0.2, 0.25) is 0 Å². The third-order valence-corrected chi connectivity index (χ3v) is 5.20. The predicted octanol–water partition coefficient (Wildman–Crippen LogP) is 2.35. The second-order valence-electron chi connectivity index (χ2n) is 7.24. The summed E-state index contributed by atoms with van der Waals surface area (Å²) in [5.74, 6) is 1.47. The Bertz CT molecular complexity index is 944. The third-order valence-electron chi connectivity index (χ3n) is 5.20. The highest BCUT2D eigenvalue weighted by atomic mass is 16.2. The summed E-state index contributed by atoms with van der Waals surface area (Å²) in [4.78, 5) is 25.9. The van der Waals surface area contributed by atoms with Gasteiger partial charge in [0, 0.05) is 39.9 Å². The van der Waals surface area contributed by atoms with Crippen LogP contribution in [-0.4, -0.2) is 57.2 Å². The molecular weight excluding hydrogens is 340 g/mol. The van der Waals surface area contributed by atoms with Crippen molar-refractivity contribution in [3.05, 3.63) is 48.4 Å². The van der Waals surface area contributed by atoms with Crippen molar-refractivity contribution in [2.45, 2.75) is 12.8 Å². The largest absolute Gasteiger partial charge is 0.355 e. The van der Waals surface area contributed by atoms with E-state index in [1.54, 1.807) is 17.1 Å². The van der Waals surface area contributed by atoms with E-state index in [9.17, 15) is 4.79 Å². The molecule has 1 aliphatic rings. The minimum absolute atomic E-state index is 0.0333. The number of fused-ring (bicyclic) bond motifs is 1. The number of hydrogen-bond donors (Lipinski definition) is 0. The lowest BCUT2D eigenvalue weighted by atomic mass is 9.96. The van der Waals surface area contributed by atoms with Gasteiger partial charge in [-0.05, 0) is 30.9 Å². The molecule has 1 amide bonds. The van der Waals surface area contributed by atoms with Gasteiger partial charge in [-0.1, -0.05) is 12.1 Å². The Morgan fingerprint density at radius 3 is 2.63 bits per heavy atom. The minimum Gasteiger partial charge on any atom is -0.355 e. The van der Waals surface area contributed by atoms with Crippen LogP contribution in [0.5, 0.6) is 0 Å². The van der Waals surface area contributed by atoms with Gasteiger partial charge in [-0.2, -0.15) is 5.10 Å².